The molecule has 5 rings (SSSR count). The first-order chi connectivity index (χ1) is 16.1. The molecule has 1 aromatic heterocycles. The third-order valence-electron chi connectivity index (χ3n) is 6.12. The lowest BCUT2D eigenvalue weighted by Crippen LogP contribution is -2.25. The molecule has 1 amide bonds. The van der Waals surface area contributed by atoms with E-state index in [4.69, 9.17) is 9.47 Å². The Morgan fingerprint density at radius 1 is 1.06 bits per heavy atom. The number of para-hydroxylation sites is 1. The maximum Gasteiger partial charge on any atom is 0.231 e. The van der Waals surface area contributed by atoms with Gasteiger partial charge in [0, 0.05) is 42.5 Å². The van der Waals surface area contributed by atoms with Crippen LogP contribution >= 0.6 is 0 Å². The molecule has 33 heavy (non-hydrogen) atoms. The number of halogens is 1. The zero-order chi connectivity index (χ0) is 22.8. The predicted octanol–water partition coefficient (Wildman–Crippen LogP) is 5.37. The summed E-state index contributed by atoms with van der Waals surface area (Å²) in [6.07, 6.45) is 2.37. The fourth-order valence-electron chi connectivity index (χ4n) is 4.43. The van der Waals surface area contributed by atoms with E-state index < -0.39 is 0 Å². The van der Waals surface area contributed by atoms with Crippen LogP contribution in [0.4, 0.5) is 4.39 Å². The van der Waals surface area contributed by atoms with Crippen LogP contribution in [0.15, 0.2) is 72.9 Å². The van der Waals surface area contributed by atoms with E-state index in [9.17, 15) is 9.18 Å². The third-order valence-corrected chi connectivity index (χ3v) is 6.12. The molecule has 0 bridgehead atoms. The Morgan fingerprint density at radius 2 is 1.85 bits per heavy atom. The van der Waals surface area contributed by atoms with E-state index in [2.05, 4.69) is 35.1 Å². The lowest BCUT2D eigenvalue weighted by atomic mass is 9.88. The molecule has 0 spiro atoms. The van der Waals surface area contributed by atoms with Gasteiger partial charge >= 0.3 is 0 Å². The Morgan fingerprint density at radius 3 is 2.67 bits per heavy atom. The number of aromatic nitrogens is 1. The number of carbonyl (C=O) groups is 1. The molecule has 0 saturated carbocycles. The van der Waals surface area contributed by atoms with E-state index in [1.165, 1.54) is 12.1 Å². The van der Waals surface area contributed by atoms with E-state index in [0.717, 1.165) is 34.1 Å². The fourth-order valence-corrected chi connectivity index (χ4v) is 4.43. The molecule has 6 heteroatoms. The maximum atomic E-state index is 13.6. The van der Waals surface area contributed by atoms with Crippen LogP contribution in [0.5, 0.6) is 11.5 Å². The molecule has 1 aliphatic heterocycles. The van der Waals surface area contributed by atoms with Crippen molar-refractivity contribution in [2.75, 3.05) is 6.79 Å². The van der Waals surface area contributed by atoms with Crippen LogP contribution in [0.2, 0.25) is 0 Å². The number of nitrogens with zero attached hydrogens (tertiary/aromatic N) is 1. The first-order valence-corrected chi connectivity index (χ1v) is 11.1. The number of hydrogen-bond acceptors (Lipinski definition) is 3. The summed E-state index contributed by atoms with van der Waals surface area (Å²) in [5.41, 5.74) is 4.04. The predicted molar refractivity (Wildman–Crippen MR) is 125 cm³/mol. The van der Waals surface area contributed by atoms with Crippen molar-refractivity contribution in [3.63, 3.8) is 0 Å². The van der Waals surface area contributed by atoms with E-state index in [1.807, 2.05) is 30.3 Å². The Kier molecular flexibility index (Phi) is 5.73. The summed E-state index contributed by atoms with van der Waals surface area (Å²) in [7, 11) is 0. The van der Waals surface area contributed by atoms with Crippen LogP contribution in [0, 0.1) is 5.82 Å². The maximum absolute atomic E-state index is 13.6. The van der Waals surface area contributed by atoms with Gasteiger partial charge in [0.05, 0.1) is 0 Å². The molecule has 0 saturated heterocycles. The third kappa shape index (κ3) is 4.29. The first-order valence-electron chi connectivity index (χ1n) is 11.1. The molecule has 1 aliphatic rings. The van der Waals surface area contributed by atoms with Crippen molar-refractivity contribution in [2.45, 2.75) is 32.4 Å². The summed E-state index contributed by atoms with van der Waals surface area (Å²) in [6.45, 7) is 3.53. The number of aryl methyl sites for hydroxylation is 1. The highest BCUT2D eigenvalue weighted by molar-refractivity contribution is 5.86. The van der Waals surface area contributed by atoms with Crippen LogP contribution in [0.1, 0.15) is 36.0 Å². The van der Waals surface area contributed by atoms with Crippen molar-refractivity contribution in [2.24, 2.45) is 0 Å². The minimum absolute atomic E-state index is 0.0738. The molecule has 2 heterocycles. The monoisotopic (exact) mass is 444 g/mol. The van der Waals surface area contributed by atoms with Crippen molar-refractivity contribution >= 4 is 16.8 Å². The average Bonchev–Trinajstić information content (AvgIpc) is 3.46. The van der Waals surface area contributed by atoms with E-state index in [-0.39, 0.29) is 30.9 Å². The highest BCUT2D eigenvalue weighted by atomic mass is 19.1. The summed E-state index contributed by atoms with van der Waals surface area (Å²) in [4.78, 5) is 13.0. The quantitative estimate of drug-likeness (QED) is 0.417. The van der Waals surface area contributed by atoms with Crippen LogP contribution in [0.3, 0.4) is 0 Å². The van der Waals surface area contributed by atoms with Crippen molar-refractivity contribution in [3.8, 4) is 11.5 Å². The number of carbonyl (C=O) groups excluding carboxylic acids is 1. The van der Waals surface area contributed by atoms with Gasteiger partial charge in [-0.2, -0.15) is 0 Å². The molecule has 0 aliphatic carbocycles. The van der Waals surface area contributed by atoms with Crippen LogP contribution in [-0.4, -0.2) is 17.3 Å². The Labute approximate surface area is 191 Å². The summed E-state index contributed by atoms with van der Waals surface area (Å²) in [5, 5.41) is 4.13. The lowest BCUT2D eigenvalue weighted by Gasteiger charge is -2.17. The summed E-state index contributed by atoms with van der Waals surface area (Å²) < 4.78 is 26.6. The SMILES string of the molecule is CCn1cc([C@H](CC(=O)NCc2ccc3c(c2)OCO3)c2ccc(F)cc2)c2ccccc21. The molecule has 0 unspecified atom stereocenters. The molecule has 0 radical (unpaired) electrons. The minimum Gasteiger partial charge on any atom is -0.454 e. The molecule has 168 valence electrons. The molecule has 3 aromatic carbocycles. The number of ether oxygens (including phenoxy) is 2. The highest BCUT2D eigenvalue weighted by Crippen LogP contribution is 2.35. The Balaban J connectivity index is 1.41. The number of rotatable bonds is 7. The van der Waals surface area contributed by atoms with Crippen molar-refractivity contribution in [1.29, 1.82) is 0 Å². The molecular formula is C27H25FN2O3. The lowest BCUT2D eigenvalue weighted by molar-refractivity contribution is -0.121. The topological polar surface area (TPSA) is 52.5 Å². The average molecular weight is 445 g/mol. The van der Waals surface area contributed by atoms with Gasteiger partial charge in [-0.1, -0.05) is 36.4 Å². The van der Waals surface area contributed by atoms with Gasteiger partial charge in [0.1, 0.15) is 5.82 Å². The number of benzene rings is 3. The number of amides is 1. The highest BCUT2D eigenvalue weighted by Gasteiger charge is 2.23. The van der Waals surface area contributed by atoms with Crippen molar-refractivity contribution in [3.05, 3.63) is 95.4 Å². The number of nitrogens with one attached hydrogen (secondary N) is 1. The number of fused-ring (bicyclic) bond motifs is 2. The Bertz CT molecular complexity index is 1300. The van der Waals surface area contributed by atoms with Crippen LogP contribution in [-0.2, 0) is 17.9 Å². The minimum atomic E-state index is -0.291. The van der Waals surface area contributed by atoms with Gasteiger partial charge in [-0.15, -0.1) is 0 Å². The van der Waals surface area contributed by atoms with E-state index in [1.54, 1.807) is 12.1 Å². The molecule has 0 fully saturated rings. The standard InChI is InChI=1S/C27H25FN2O3/c1-2-30-16-23(21-5-3-4-6-24(21)30)22(19-8-10-20(28)11-9-19)14-27(31)29-15-18-7-12-25-26(13-18)33-17-32-25/h3-13,16,22H,2,14-15,17H2,1H3,(H,29,31)/t22-/m1/s1. The summed E-state index contributed by atoms with van der Waals surface area (Å²) >= 11 is 0. The van der Waals surface area contributed by atoms with Crippen molar-refractivity contribution < 1.29 is 18.7 Å². The smallest absolute Gasteiger partial charge is 0.231 e. The largest absolute Gasteiger partial charge is 0.454 e. The van der Waals surface area contributed by atoms with Gasteiger partial charge < -0.3 is 19.4 Å². The van der Waals surface area contributed by atoms with Crippen LogP contribution < -0.4 is 14.8 Å². The van der Waals surface area contributed by atoms with Crippen molar-refractivity contribution in [1.82, 2.24) is 9.88 Å². The zero-order valence-electron chi connectivity index (χ0n) is 18.4. The van der Waals surface area contributed by atoms with Gasteiger partial charge in [0.2, 0.25) is 12.7 Å². The second kappa shape index (κ2) is 8.98. The normalized spacial score (nSPS) is 13.3. The molecule has 1 atom stereocenters. The molecule has 5 nitrogen and oxygen atoms in total. The molecule has 4 aromatic rings. The summed E-state index contributed by atoms with van der Waals surface area (Å²) in [6, 6.07) is 20.3. The van der Waals surface area contributed by atoms with E-state index >= 15 is 0 Å². The summed E-state index contributed by atoms with van der Waals surface area (Å²) in [5.74, 6) is 0.850. The van der Waals surface area contributed by atoms with Gasteiger partial charge in [-0.05, 0) is 53.9 Å². The second-order valence-corrected chi connectivity index (χ2v) is 8.16. The van der Waals surface area contributed by atoms with Gasteiger partial charge in [-0.3, -0.25) is 4.79 Å². The number of hydrogen-bond donors (Lipinski definition) is 1. The van der Waals surface area contributed by atoms with Gasteiger partial charge in [0.15, 0.2) is 11.5 Å². The second-order valence-electron chi connectivity index (χ2n) is 8.16. The Hall–Kier alpha value is -3.80. The molecule has 1 N–H and O–H groups in total. The first kappa shape index (κ1) is 21.1. The zero-order valence-corrected chi connectivity index (χ0v) is 18.4. The van der Waals surface area contributed by atoms with E-state index in [0.29, 0.717) is 18.0 Å². The van der Waals surface area contributed by atoms with Gasteiger partial charge in [-0.25, -0.2) is 4.39 Å². The molecular weight excluding hydrogens is 419 g/mol. The fraction of sp³-hybridized carbons (Fsp3) is 0.222. The van der Waals surface area contributed by atoms with Crippen LogP contribution in [0.25, 0.3) is 10.9 Å². The van der Waals surface area contributed by atoms with Gasteiger partial charge in [0.25, 0.3) is 0 Å².